The standard InChI is InChI=1S/C18H16N2O4/c1-9-3-4-10(2)12(5-9)15-13(7-19)18(20)24-16-14(22)6-11(8-21)23-17(15)16/h3-6,15,21H,8,20H2,1-2H3. The fraction of sp³-hybridized carbons (Fsp3) is 0.222. The van der Waals surface area contributed by atoms with E-state index in [4.69, 9.17) is 14.9 Å². The summed E-state index contributed by atoms with van der Waals surface area (Å²) >= 11 is 0. The lowest BCUT2D eigenvalue weighted by molar-refractivity contribution is 0.231. The number of hydrogen-bond acceptors (Lipinski definition) is 6. The van der Waals surface area contributed by atoms with Gasteiger partial charge in [0.2, 0.25) is 17.1 Å². The van der Waals surface area contributed by atoms with Crippen LogP contribution in [-0.4, -0.2) is 5.11 Å². The average molecular weight is 324 g/mol. The molecule has 6 heteroatoms. The Labute approximate surface area is 138 Å². The van der Waals surface area contributed by atoms with E-state index in [1.807, 2.05) is 32.0 Å². The van der Waals surface area contributed by atoms with Crippen LogP contribution in [0.15, 0.2) is 44.9 Å². The van der Waals surface area contributed by atoms with E-state index < -0.39 is 18.0 Å². The molecule has 2 aromatic rings. The highest BCUT2D eigenvalue weighted by Crippen LogP contribution is 2.42. The zero-order valence-corrected chi connectivity index (χ0v) is 13.3. The van der Waals surface area contributed by atoms with Gasteiger partial charge in [-0.3, -0.25) is 4.79 Å². The normalized spacial score (nSPS) is 16.3. The van der Waals surface area contributed by atoms with Gasteiger partial charge in [-0.15, -0.1) is 0 Å². The highest BCUT2D eigenvalue weighted by atomic mass is 16.5. The molecule has 1 aromatic heterocycles. The second kappa shape index (κ2) is 5.87. The van der Waals surface area contributed by atoms with Gasteiger partial charge >= 0.3 is 0 Å². The summed E-state index contributed by atoms with van der Waals surface area (Å²) < 4.78 is 11.0. The Bertz CT molecular complexity index is 950. The molecule has 122 valence electrons. The fourth-order valence-corrected chi connectivity index (χ4v) is 2.84. The van der Waals surface area contributed by atoms with E-state index in [-0.39, 0.29) is 28.7 Å². The van der Waals surface area contributed by atoms with Crippen LogP contribution in [0.3, 0.4) is 0 Å². The quantitative estimate of drug-likeness (QED) is 0.874. The van der Waals surface area contributed by atoms with Crippen molar-refractivity contribution in [2.75, 3.05) is 0 Å². The Morgan fingerprint density at radius 1 is 1.33 bits per heavy atom. The van der Waals surface area contributed by atoms with E-state index in [0.29, 0.717) is 0 Å². The van der Waals surface area contributed by atoms with Crippen LogP contribution in [-0.2, 0) is 6.61 Å². The molecule has 0 amide bonds. The van der Waals surface area contributed by atoms with Crippen LogP contribution in [0.2, 0.25) is 0 Å². The molecule has 0 fully saturated rings. The molecule has 0 saturated heterocycles. The topological polar surface area (TPSA) is 109 Å². The molecule has 1 atom stereocenters. The number of aliphatic hydroxyl groups is 1. The first-order valence-electron chi connectivity index (χ1n) is 7.38. The maximum absolute atomic E-state index is 12.3. The molecule has 1 aromatic carbocycles. The molecule has 1 aliphatic rings. The monoisotopic (exact) mass is 324 g/mol. The van der Waals surface area contributed by atoms with E-state index in [9.17, 15) is 15.2 Å². The lowest BCUT2D eigenvalue weighted by atomic mass is 9.84. The highest BCUT2D eigenvalue weighted by Gasteiger charge is 2.35. The van der Waals surface area contributed by atoms with Crippen molar-refractivity contribution in [3.05, 3.63) is 74.2 Å². The van der Waals surface area contributed by atoms with Crippen molar-refractivity contribution in [2.24, 2.45) is 5.73 Å². The van der Waals surface area contributed by atoms with Gasteiger partial charge in [0.25, 0.3) is 0 Å². The Morgan fingerprint density at radius 3 is 2.75 bits per heavy atom. The summed E-state index contributed by atoms with van der Waals surface area (Å²) in [6.07, 6.45) is 0. The van der Waals surface area contributed by atoms with Crippen molar-refractivity contribution >= 4 is 0 Å². The summed E-state index contributed by atoms with van der Waals surface area (Å²) in [5, 5.41) is 18.9. The van der Waals surface area contributed by atoms with Crippen LogP contribution in [0.5, 0.6) is 5.75 Å². The van der Waals surface area contributed by atoms with Gasteiger partial charge in [0, 0.05) is 6.07 Å². The molecule has 0 saturated carbocycles. The summed E-state index contributed by atoms with van der Waals surface area (Å²) in [5.41, 5.74) is 8.32. The summed E-state index contributed by atoms with van der Waals surface area (Å²) in [6.45, 7) is 3.41. The Kier molecular flexibility index (Phi) is 3.87. The van der Waals surface area contributed by atoms with Crippen LogP contribution >= 0.6 is 0 Å². The van der Waals surface area contributed by atoms with Crippen molar-refractivity contribution in [2.45, 2.75) is 26.4 Å². The van der Waals surface area contributed by atoms with Gasteiger partial charge in [0.1, 0.15) is 24.0 Å². The van der Waals surface area contributed by atoms with E-state index in [1.165, 1.54) is 0 Å². The predicted molar refractivity (Wildman–Crippen MR) is 86.1 cm³/mol. The van der Waals surface area contributed by atoms with Crippen molar-refractivity contribution < 1.29 is 14.3 Å². The number of ether oxygens (including phenoxy) is 1. The van der Waals surface area contributed by atoms with Gasteiger partial charge in [-0.2, -0.15) is 5.26 Å². The van der Waals surface area contributed by atoms with E-state index in [1.54, 1.807) is 0 Å². The molecule has 0 spiro atoms. The van der Waals surface area contributed by atoms with Crippen LogP contribution < -0.4 is 15.9 Å². The van der Waals surface area contributed by atoms with Crippen molar-refractivity contribution in [3.63, 3.8) is 0 Å². The second-order valence-electron chi connectivity index (χ2n) is 5.71. The molecule has 0 radical (unpaired) electrons. The third-order valence-corrected chi connectivity index (χ3v) is 4.03. The van der Waals surface area contributed by atoms with E-state index >= 15 is 0 Å². The van der Waals surface area contributed by atoms with E-state index in [2.05, 4.69) is 6.07 Å². The first kappa shape index (κ1) is 15.8. The van der Waals surface area contributed by atoms with Crippen LogP contribution in [0, 0.1) is 25.2 Å². The Balaban J connectivity index is 2.35. The molecule has 3 N–H and O–H groups in total. The molecule has 1 aliphatic heterocycles. The maximum atomic E-state index is 12.3. The predicted octanol–water partition coefficient (Wildman–Crippen LogP) is 1.97. The zero-order chi connectivity index (χ0) is 17.4. The van der Waals surface area contributed by atoms with Crippen molar-refractivity contribution in [3.8, 4) is 11.8 Å². The first-order valence-corrected chi connectivity index (χ1v) is 7.38. The lowest BCUT2D eigenvalue weighted by Crippen LogP contribution is -2.25. The molecule has 0 bridgehead atoms. The van der Waals surface area contributed by atoms with Crippen LogP contribution in [0.1, 0.15) is 34.1 Å². The minimum atomic E-state index is -0.655. The second-order valence-corrected chi connectivity index (χ2v) is 5.71. The molecular weight excluding hydrogens is 308 g/mol. The molecule has 1 unspecified atom stereocenters. The maximum Gasteiger partial charge on any atom is 0.228 e. The van der Waals surface area contributed by atoms with Crippen LogP contribution in [0.4, 0.5) is 0 Å². The number of benzene rings is 1. The number of rotatable bonds is 2. The van der Waals surface area contributed by atoms with Crippen LogP contribution in [0.25, 0.3) is 0 Å². The number of nitrogens with two attached hydrogens (primary N) is 1. The van der Waals surface area contributed by atoms with Gasteiger partial charge in [-0.25, -0.2) is 0 Å². The van der Waals surface area contributed by atoms with Gasteiger partial charge in [-0.1, -0.05) is 23.8 Å². The third-order valence-electron chi connectivity index (χ3n) is 4.03. The number of allylic oxidation sites excluding steroid dienone is 1. The first-order chi connectivity index (χ1) is 11.5. The van der Waals surface area contributed by atoms with Gasteiger partial charge < -0.3 is 20.0 Å². The molecule has 24 heavy (non-hydrogen) atoms. The lowest BCUT2D eigenvalue weighted by Gasteiger charge is -2.26. The number of nitrogens with zero attached hydrogens (tertiary/aromatic N) is 1. The summed E-state index contributed by atoms with van der Waals surface area (Å²) in [5.74, 6) is -0.520. The van der Waals surface area contributed by atoms with Gasteiger partial charge in [0.05, 0.1) is 5.92 Å². The number of aryl methyl sites for hydroxylation is 2. The zero-order valence-electron chi connectivity index (χ0n) is 13.3. The van der Waals surface area contributed by atoms with Gasteiger partial charge in [-0.05, 0) is 25.0 Å². The number of nitriles is 1. The minimum absolute atomic E-state index is 0.0467. The Hall–Kier alpha value is -3.04. The number of aliphatic hydroxyl groups excluding tert-OH is 1. The minimum Gasteiger partial charge on any atom is -0.458 e. The third kappa shape index (κ3) is 2.45. The van der Waals surface area contributed by atoms with Crippen molar-refractivity contribution in [1.29, 1.82) is 5.26 Å². The number of fused-ring (bicyclic) bond motifs is 1. The molecule has 6 nitrogen and oxygen atoms in total. The van der Waals surface area contributed by atoms with Crippen molar-refractivity contribution in [1.82, 2.24) is 0 Å². The average Bonchev–Trinajstić information content (AvgIpc) is 2.56. The summed E-state index contributed by atoms with van der Waals surface area (Å²) in [7, 11) is 0. The molecular formula is C18H16N2O4. The van der Waals surface area contributed by atoms with E-state index in [0.717, 1.165) is 22.8 Å². The number of hydrogen-bond donors (Lipinski definition) is 2. The largest absolute Gasteiger partial charge is 0.458 e. The summed E-state index contributed by atoms with van der Waals surface area (Å²) in [6, 6.07) is 9.02. The van der Waals surface area contributed by atoms with Gasteiger partial charge in [0.15, 0.2) is 5.76 Å². The fourth-order valence-electron chi connectivity index (χ4n) is 2.84. The Morgan fingerprint density at radius 2 is 2.08 bits per heavy atom. The molecule has 3 rings (SSSR count). The summed E-state index contributed by atoms with van der Waals surface area (Å²) in [4.78, 5) is 12.3. The highest BCUT2D eigenvalue weighted by molar-refractivity contribution is 5.54. The SMILES string of the molecule is Cc1ccc(C)c(C2C(C#N)=C(N)Oc3c2oc(CO)cc3=O)c1. The molecule has 0 aliphatic carbocycles. The molecule has 2 heterocycles. The smallest absolute Gasteiger partial charge is 0.228 e.